The molecule has 0 fully saturated rings. The number of halogens is 1. The molecule has 1 amide bonds. The topological polar surface area (TPSA) is 40.5 Å². The van der Waals surface area contributed by atoms with Gasteiger partial charge in [0.15, 0.2) is 0 Å². The van der Waals surface area contributed by atoms with Gasteiger partial charge in [0.2, 0.25) is 0 Å². The number of carbonyl (C=O) groups is 1. The van der Waals surface area contributed by atoms with E-state index in [9.17, 15) is 4.79 Å². The molecule has 0 aromatic heterocycles. The van der Waals surface area contributed by atoms with E-state index in [1.165, 1.54) is 4.90 Å². The maximum Gasteiger partial charge on any atom is 0.255 e. The fourth-order valence-electron chi connectivity index (χ4n) is 1.98. The molecule has 0 spiro atoms. The van der Waals surface area contributed by atoms with Crippen molar-refractivity contribution < 1.29 is 9.90 Å². The zero-order valence-electron chi connectivity index (χ0n) is 12.7. The Morgan fingerprint density at radius 3 is 2.57 bits per heavy atom. The van der Waals surface area contributed by atoms with Gasteiger partial charge in [0.05, 0.1) is 17.9 Å². The van der Waals surface area contributed by atoms with E-state index in [0.29, 0.717) is 16.3 Å². The SMILES string of the molecule is C=C(CO)C(=O)N(C)c1ccc(Cl)cc1C#Cc1ccccc1. The van der Waals surface area contributed by atoms with Crippen LogP contribution in [0.25, 0.3) is 0 Å². The summed E-state index contributed by atoms with van der Waals surface area (Å²) < 4.78 is 0. The molecule has 2 rings (SSSR count). The Morgan fingerprint density at radius 1 is 1.22 bits per heavy atom. The number of aliphatic hydroxyl groups is 1. The van der Waals surface area contributed by atoms with E-state index in [0.717, 1.165) is 5.56 Å². The minimum atomic E-state index is -0.387. The minimum Gasteiger partial charge on any atom is -0.391 e. The van der Waals surface area contributed by atoms with Gasteiger partial charge in [0.1, 0.15) is 0 Å². The standard InChI is InChI=1S/C19H16ClNO2/c1-14(13-22)19(23)21(2)18-11-10-17(20)12-16(18)9-8-15-6-4-3-5-7-15/h3-7,10-12,22H,1,13H2,2H3. The summed E-state index contributed by atoms with van der Waals surface area (Å²) in [6, 6.07) is 14.7. The van der Waals surface area contributed by atoms with Gasteiger partial charge in [-0.2, -0.15) is 0 Å². The van der Waals surface area contributed by atoms with Crippen LogP contribution >= 0.6 is 11.6 Å². The lowest BCUT2D eigenvalue weighted by molar-refractivity contribution is -0.115. The van der Waals surface area contributed by atoms with E-state index >= 15 is 0 Å². The summed E-state index contributed by atoms with van der Waals surface area (Å²) in [6.45, 7) is 3.17. The molecule has 1 N–H and O–H groups in total. The molecule has 0 atom stereocenters. The van der Waals surface area contributed by atoms with Crippen LogP contribution in [0.5, 0.6) is 0 Å². The molecule has 3 nitrogen and oxygen atoms in total. The van der Waals surface area contributed by atoms with Crippen LogP contribution in [0.1, 0.15) is 11.1 Å². The number of hydrogen-bond acceptors (Lipinski definition) is 2. The number of carbonyl (C=O) groups excluding carboxylic acids is 1. The Labute approximate surface area is 140 Å². The summed E-state index contributed by atoms with van der Waals surface area (Å²) in [6.07, 6.45) is 0. The van der Waals surface area contributed by atoms with Gasteiger partial charge in [-0.25, -0.2) is 0 Å². The normalized spacial score (nSPS) is 9.70. The van der Waals surface area contributed by atoms with Gasteiger partial charge in [0, 0.05) is 23.2 Å². The van der Waals surface area contributed by atoms with E-state index in [-0.39, 0.29) is 18.1 Å². The Hall–Kier alpha value is -2.54. The first kappa shape index (κ1) is 16.8. The molecule has 23 heavy (non-hydrogen) atoms. The van der Waals surface area contributed by atoms with Crippen molar-refractivity contribution in [1.82, 2.24) is 0 Å². The van der Waals surface area contributed by atoms with Crippen molar-refractivity contribution in [3.63, 3.8) is 0 Å². The summed E-state index contributed by atoms with van der Waals surface area (Å²) >= 11 is 6.04. The Morgan fingerprint density at radius 2 is 1.91 bits per heavy atom. The van der Waals surface area contributed by atoms with Gasteiger partial charge in [-0.05, 0) is 30.3 Å². The summed E-state index contributed by atoms with van der Waals surface area (Å²) in [7, 11) is 1.61. The zero-order valence-corrected chi connectivity index (χ0v) is 13.5. The zero-order chi connectivity index (χ0) is 16.8. The third-order valence-electron chi connectivity index (χ3n) is 3.23. The second kappa shape index (κ2) is 7.64. The Balaban J connectivity index is 2.41. The lowest BCUT2D eigenvalue weighted by Crippen LogP contribution is -2.29. The van der Waals surface area contributed by atoms with Crippen molar-refractivity contribution in [1.29, 1.82) is 0 Å². The predicted octanol–water partition coefficient (Wildman–Crippen LogP) is 3.25. The maximum atomic E-state index is 12.2. The Kier molecular flexibility index (Phi) is 5.59. The second-order valence-corrected chi connectivity index (χ2v) is 5.34. The van der Waals surface area contributed by atoms with Gasteiger partial charge < -0.3 is 10.0 Å². The van der Waals surface area contributed by atoms with E-state index in [4.69, 9.17) is 16.7 Å². The van der Waals surface area contributed by atoms with Gasteiger partial charge >= 0.3 is 0 Å². The second-order valence-electron chi connectivity index (χ2n) is 4.90. The van der Waals surface area contributed by atoms with Gasteiger partial charge in [-0.3, -0.25) is 4.79 Å². The lowest BCUT2D eigenvalue weighted by atomic mass is 10.1. The average Bonchev–Trinajstić information content (AvgIpc) is 2.59. The molecular formula is C19H16ClNO2. The summed E-state index contributed by atoms with van der Waals surface area (Å²) in [5.41, 5.74) is 2.22. The van der Waals surface area contributed by atoms with Crippen LogP contribution < -0.4 is 4.90 Å². The highest BCUT2D eigenvalue weighted by molar-refractivity contribution is 6.30. The van der Waals surface area contributed by atoms with E-state index in [1.54, 1.807) is 25.2 Å². The minimum absolute atomic E-state index is 0.115. The summed E-state index contributed by atoms with van der Waals surface area (Å²) in [5.74, 6) is 5.73. The predicted molar refractivity (Wildman–Crippen MR) is 93.5 cm³/mol. The highest BCUT2D eigenvalue weighted by Crippen LogP contribution is 2.24. The number of benzene rings is 2. The number of rotatable bonds is 3. The number of nitrogens with zero attached hydrogens (tertiary/aromatic N) is 1. The summed E-state index contributed by atoms with van der Waals surface area (Å²) in [5, 5.41) is 9.61. The van der Waals surface area contributed by atoms with Gasteiger partial charge in [-0.1, -0.05) is 48.2 Å². The molecule has 0 aliphatic carbocycles. The van der Waals surface area contributed by atoms with Gasteiger partial charge in [-0.15, -0.1) is 0 Å². The fourth-order valence-corrected chi connectivity index (χ4v) is 2.15. The van der Waals surface area contributed by atoms with Crippen LogP contribution in [0.4, 0.5) is 5.69 Å². The van der Waals surface area contributed by atoms with Crippen molar-refractivity contribution in [2.75, 3.05) is 18.6 Å². The quantitative estimate of drug-likeness (QED) is 0.695. The molecule has 0 aliphatic rings. The van der Waals surface area contributed by atoms with Crippen molar-refractivity contribution in [3.05, 3.63) is 76.8 Å². The molecule has 0 saturated carbocycles. The van der Waals surface area contributed by atoms with Crippen molar-refractivity contribution in [2.45, 2.75) is 0 Å². The Bertz CT molecular complexity index is 788. The largest absolute Gasteiger partial charge is 0.391 e. The van der Waals surface area contributed by atoms with Crippen LogP contribution in [-0.2, 0) is 4.79 Å². The highest BCUT2D eigenvalue weighted by Gasteiger charge is 2.16. The first-order chi connectivity index (χ1) is 11.0. The van der Waals surface area contributed by atoms with Crippen LogP contribution in [0.3, 0.4) is 0 Å². The van der Waals surface area contributed by atoms with E-state index < -0.39 is 0 Å². The molecule has 116 valence electrons. The first-order valence-electron chi connectivity index (χ1n) is 6.96. The maximum absolute atomic E-state index is 12.2. The molecular weight excluding hydrogens is 310 g/mol. The average molecular weight is 326 g/mol. The third-order valence-corrected chi connectivity index (χ3v) is 3.47. The van der Waals surface area contributed by atoms with Crippen molar-refractivity contribution in [2.24, 2.45) is 0 Å². The van der Waals surface area contributed by atoms with Crippen LogP contribution in [0.2, 0.25) is 5.02 Å². The van der Waals surface area contributed by atoms with Crippen LogP contribution in [0, 0.1) is 11.8 Å². The lowest BCUT2D eigenvalue weighted by Gasteiger charge is -2.19. The van der Waals surface area contributed by atoms with Crippen molar-refractivity contribution in [3.8, 4) is 11.8 Å². The number of amides is 1. The summed E-state index contributed by atoms with van der Waals surface area (Å²) in [4.78, 5) is 13.6. The smallest absolute Gasteiger partial charge is 0.255 e. The van der Waals surface area contributed by atoms with Gasteiger partial charge in [0.25, 0.3) is 5.91 Å². The number of likely N-dealkylation sites (N-methyl/N-ethyl adjacent to an activating group) is 1. The molecule has 2 aromatic rings. The van der Waals surface area contributed by atoms with Crippen molar-refractivity contribution >= 4 is 23.2 Å². The number of anilines is 1. The number of aliphatic hydroxyl groups excluding tert-OH is 1. The first-order valence-corrected chi connectivity index (χ1v) is 7.34. The van der Waals surface area contributed by atoms with E-state index in [1.807, 2.05) is 30.3 Å². The molecule has 0 heterocycles. The molecule has 0 aliphatic heterocycles. The van der Waals surface area contributed by atoms with Crippen LogP contribution in [-0.4, -0.2) is 24.7 Å². The molecule has 0 unspecified atom stereocenters. The number of hydrogen-bond donors (Lipinski definition) is 1. The molecule has 0 bridgehead atoms. The molecule has 0 radical (unpaired) electrons. The highest BCUT2D eigenvalue weighted by atomic mass is 35.5. The molecule has 2 aromatic carbocycles. The van der Waals surface area contributed by atoms with E-state index in [2.05, 4.69) is 18.4 Å². The molecule has 4 heteroatoms. The monoisotopic (exact) mass is 325 g/mol. The third kappa shape index (κ3) is 4.23. The van der Waals surface area contributed by atoms with Crippen LogP contribution in [0.15, 0.2) is 60.7 Å². The fraction of sp³-hybridized carbons (Fsp3) is 0.105. The molecule has 0 saturated heterocycles.